The molecule has 0 aliphatic carbocycles. The number of nitrogens with zero attached hydrogens (tertiary/aromatic N) is 2. The number of rotatable bonds is 5. The van der Waals surface area contributed by atoms with Gasteiger partial charge in [-0.3, -0.25) is 9.89 Å². The molecule has 0 saturated heterocycles. The lowest BCUT2D eigenvalue weighted by Crippen LogP contribution is -2.31. The molecule has 2 rings (SSSR count). The van der Waals surface area contributed by atoms with Crippen molar-refractivity contribution in [1.82, 2.24) is 4.90 Å². The molecular weight excluding hydrogens is 415 g/mol. The SMILES string of the molecule is COc1ccc(NC(N)=NCCN2CC=CCC2)cc1Cl.I. The third kappa shape index (κ3) is 6.02. The second-order valence-corrected chi connectivity index (χ2v) is 5.21. The first kappa shape index (κ1) is 19.1. The molecule has 0 unspecified atom stereocenters. The van der Waals surface area contributed by atoms with Gasteiger partial charge in [0.2, 0.25) is 0 Å². The number of halogens is 2. The van der Waals surface area contributed by atoms with E-state index in [4.69, 9.17) is 22.1 Å². The molecule has 5 nitrogen and oxygen atoms in total. The van der Waals surface area contributed by atoms with E-state index in [1.807, 2.05) is 6.07 Å². The van der Waals surface area contributed by atoms with E-state index in [-0.39, 0.29) is 24.0 Å². The van der Waals surface area contributed by atoms with Crippen LogP contribution in [0.2, 0.25) is 5.02 Å². The fourth-order valence-electron chi connectivity index (χ4n) is 2.14. The largest absolute Gasteiger partial charge is 0.495 e. The molecule has 0 fully saturated rings. The molecule has 0 saturated carbocycles. The van der Waals surface area contributed by atoms with Crippen LogP contribution in [0.25, 0.3) is 0 Å². The molecule has 0 radical (unpaired) electrons. The number of anilines is 1. The number of benzene rings is 1. The molecule has 1 aromatic rings. The maximum atomic E-state index is 6.06. The molecule has 0 bridgehead atoms. The Kier molecular flexibility index (Phi) is 8.59. The zero-order valence-electron chi connectivity index (χ0n) is 12.6. The minimum Gasteiger partial charge on any atom is -0.495 e. The summed E-state index contributed by atoms with van der Waals surface area (Å²) in [6, 6.07) is 5.40. The van der Waals surface area contributed by atoms with Crippen LogP contribution in [0.3, 0.4) is 0 Å². The minimum absolute atomic E-state index is 0. The maximum absolute atomic E-state index is 6.06. The topological polar surface area (TPSA) is 62.9 Å². The van der Waals surface area contributed by atoms with Gasteiger partial charge in [-0.2, -0.15) is 0 Å². The Morgan fingerprint density at radius 3 is 2.91 bits per heavy atom. The Hall–Kier alpha value is -0.990. The van der Waals surface area contributed by atoms with Gasteiger partial charge >= 0.3 is 0 Å². The van der Waals surface area contributed by atoms with Crippen LogP contribution in [-0.2, 0) is 0 Å². The van der Waals surface area contributed by atoms with E-state index in [0.717, 1.165) is 31.7 Å². The van der Waals surface area contributed by atoms with E-state index in [0.29, 0.717) is 23.3 Å². The first-order valence-electron chi connectivity index (χ1n) is 6.97. The van der Waals surface area contributed by atoms with Crippen LogP contribution >= 0.6 is 35.6 Å². The summed E-state index contributed by atoms with van der Waals surface area (Å²) in [6.45, 7) is 3.68. The van der Waals surface area contributed by atoms with Crippen LogP contribution in [0.5, 0.6) is 5.75 Å². The number of ether oxygens (including phenoxy) is 1. The average Bonchev–Trinajstić information content (AvgIpc) is 2.48. The second kappa shape index (κ2) is 9.91. The van der Waals surface area contributed by atoms with Gasteiger partial charge < -0.3 is 15.8 Å². The van der Waals surface area contributed by atoms with E-state index in [1.54, 1.807) is 19.2 Å². The standard InChI is InChI=1S/C15H21ClN4O.HI/c1-21-14-6-5-12(11-13(14)16)19-15(17)18-7-10-20-8-3-2-4-9-20;/h2-3,5-6,11H,4,7-10H2,1H3,(H3,17,18,19);1H. The molecule has 1 aliphatic rings. The van der Waals surface area contributed by atoms with E-state index in [2.05, 4.69) is 27.4 Å². The molecular formula is C15H22ClIN4O. The van der Waals surface area contributed by atoms with Crippen molar-refractivity contribution in [2.45, 2.75) is 6.42 Å². The maximum Gasteiger partial charge on any atom is 0.193 e. The molecule has 0 aromatic heterocycles. The molecule has 1 heterocycles. The summed E-state index contributed by atoms with van der Waals surface area (Å²) < 4.78 is 5.10. The van der Waals surface area contributed by atoms with Gasteiger partial charge in [0.25, 0.3) is 0 Å². The minimum atomic E-state index is 0. The number of hydrogen-bond acceptors (Lipinski definition) is 3. The van der Waals surface area contributed by atoms with Gasteiger partial charge in [0.15, 0.2) is 5.96 Å². The zero-order chi connectivity index (χ0) is 15.1. The van der Waals surface area contributed by atoms with Gasteiger partial charge in [0, 0.05) is 25.3 Å². The Morgan fingerprint density at radius 1 is 1.45 bits per heavy atom. The third-order valence-corrected chi connectivity index (χ3v) is 3.56. The summed E-state index contributed by atoms with van der Waals surface area (Å²) in [5, 5.41) is 3.56. The van der Waals surface area contributed by atoms with Crippen LogP contribution in [-0.4, -0.2) is 44.1 Å². The van der Waals surface area contributed by atoms with E-state index < -0.39 is 0 Å². The number of methoxy groups -OCH3 is 1. The van der Waals surface area contributed by atoms with Crippen LogP contribution in [0.1, 0.15) is 6.42 Å². The smallest absolute Gasteiger partial charge is 0.193 e. The molecule has 0 spiro atoms. The second-order valence-electron chi connectivity index (χ2n) is 4.80. The normalized spacial score (nSPS) is 15.3. The van der Waals surface area contributed by atoms with Crippen LogP contribution in [0, 0.1) is 0 Å². The van der Waals surface area contributed by atoms with Crippen molar-refractivity contribution in [2.75, 3.05) is 38.6 Å². The van der Waals surface area contributed by atoms with Crippen LogP contribution in [0.15, 0.2) is 35.3 Å². The lowest BCUT2D eigenvalue weighted by atomic mass is 10.2. The van der Waals surface area contributed by atoms with Crippen molar-refractivity contribution in [3.63, 3.8) is 0 Å². The number of nitrogens with one attached hydrogen (secondary N) is 1. The highest BCUT2D eigenvalue weighted by atomic mass is 127. The number of guanidine groups is 1. The quantitative estimate of drug-likeness (QED) is 0.322. The molecule has 22 heavy (non-hydrogen) atoms. The summed E-state index contributed by atoms with van der Waals surface area (Å²) in [5.41, 5.74) is 6.67. The van der Waals surface area contributed by atoms with E-state index >= 15 is 0 Å². The fourth-order valence-corrected chi connectivity index (χ4v) is 2.39. The lowest BCUT2D eigenvalue weighted by molar-refractivity contribution is 0.307. The number of nitrogens with two attached hydrogens (primary N) is 1. The summed E-state index contributed by atoms with van der Waals surface area (Å²) >= 11 is 6.06. The summed E-state index contributed by atoms with van der Waals surface area (Å²) in [6.07, 6.45) is 5.51. The summed E-state index contributed by atoms with van der Waals surface area (Å²) in [7, 11) is 1.58. The van der Waals surface area contributed by atoms with Gasteiger partial charge in [-0.1, -0.05) is 23.8 Å². The third-order valence-electron chi connectivity index (χ3n) is 3.26. The van der Waals surface area contributed by atoms with Gasteiger partial charge in [-0.05, 0) is 24.6 Å². The zero-order valence-corrected chi connectivity index (χ0v) is 15.7. The lowest BCUT2D eigenvalue weighted by Gasteiger charge is -2.21. The molecule has 0 atom stereocenters. The number of hydrogen-bond donors (Lipinski definition) is 2. The van der Waals surface area contributed by atoms with Crippen molar-refractivity contribution in [3.8, 4) is 5.75 Å². The van der Waals surface area contributed by atoms with E-state index in [1.165, 1.54) is 0 Å². The van der Waals surface area contributed by atoms with E-state index in [9.17, 15) is 0 Å². The summed E-state index contributed by atoms with van der Waals surface area (Å²) in [4.78, 5) is 6.68. The van der Waals surface area contributed by atoms with Crippen molar-refractivity contribution >= 4 is 47.2 Å². The van der Waals surface area contributed by atoms with Crippen LogP contribution in [0.4, 0.5) is 5.69 Å². The molecule has 1 aromatic carbocycles. The first-order chi connectivity index (χ1) is 10.2. The van der Waals surface area contributed by atoms with Gasteiger partial charge in [-0.15, -0.1) is 24.0 Å². The molecule has 122 valence electrons. The molecule has 3 N–H and O–H groups in total. The molecule has 1 aliphatic heterocycles. The summed E-state index contributed by atoms with van der Waals surface area (Å²) in [5.74, 6) is 1.03. The highest BCUT2D eigenvalue weighted by Crippen LogP contribution is 2.26. The van der Waals surface area contributed by atoms with Crippen molar-refractivity contribution in [3.05, 3.63) is 35.4 Å². The van der Waals surface area contributed by atoms with Gasteiger partial charge in [-0.25, -0.2) is 0 Å². The van der Waals surface area contributed by atoms with Crippen molar-refractivity contribution in [1.29, 1.82) is 0 Å². The Labute approximate surface area is 153 Å². The predicted octanol–water partition coefficient (Wildman–Crippen LogP) is 2.96. The Bertz CT molecular complexity index is 536. The Morgan fingerprint density at radius 2 is 2.27 bits per heavy atom. The van der Waals surface area contributed by atoms with Crippen molar-refractivity contribution in [2.24, 2.45) is 10.7 Å². The predicted molar refractivity (Wildman–Crippen MR) is 104 cm³/mol. The first-order valence-corrected chi connectivity index (χ1v) is 7.34. The molecule has 7 heteroatoms. The number of aliphatic imine (C=N–C) groups is 1. The average molecular weight is 437 g/mol. The van der Waals surface area contributed by atoms with Gasteiger partial charge in [0.05, 0.1) is 18.7 Å². The monoisotopic (exact) mass is 436 g/mol. The fraction of sp³-hybridized carbons (Fsp3) is 0.400. The van der Waals surface area contributed by atoms with Crippen molar-refractivity contribution < 1.29 is 4.74 Å². The van der Waals surface area contributed by atoms with Crippen LogP contribution < -0.4 is 15.8 Å². The Balaban J connectivity index is 0.00000242. The highest BCUT2D eigenvalue weighted by molar-refractivity contribution is 14.0. The molecule has 0 amide bonds. The van der Waals surface area contributed by atoms with Gasteiger partial charge in [0.1, 0.15) is 5.75 Å². The highest BCUT2D eigenvalue weighted by Gasteiger charge is 2.05.